The third-order valence-electron chi connectivity index (χ3n) is 4.65. The van der Waals surface area contributed by atoms with Crippen molar-refractivity contribution in [2.45, 2.75) is 6.54 Å². The van der Waals surface area contributed by atoms with Gasteiger partial charge in [-0.25, -0.2) is 0 Å². The lowest BCUT2D eigenvalue weighted by atomic mass is 10.2. The van der Waals surface area contributed by atoms with Crippen molar-refractivity contribution in [2.75, 3.05) is 31.5 Å². The lowest BCUT2D eigenvalue weighted by Crippen LogP contribution is -2.43. The first kappa shape index (κ1) is 20.0. The van der Waals surface area contributed by atoms with E-state index >= 15 is 0 Å². The van der Waals surface area contributed by atoms with Crippen LogP contribution in [0.3, 0.4) is 0 Å². The SMILES string of the molecule is N#C/C(=C/N1CCN(Cc2ccccc2)CC1)C(=O)Nc1cccc([N+](=O)[O-])c1. The molecule has 0 atom stereocenters. The molecule has 3 rings (SSSR count). The Morgan fingerprint density at radius 3 is 2.52 bits per heavy atom. The van der Waals surface area contributed by atoms with Crippen LogP contribution in [-0.4, -0.2) is 46.8 Å². The average molecular weight is 391 g/mol. The number of nitro groups is 1. The molecule has 0 aliphatic carbocycles. The summed E-state index contributed by atoms with van der Waals surface area (Å²) in [6, 6.07) is 17.8. The zero-order valence-corrected chi connectivity index (χ0v) is 15.8. The third kappa shape index (κ3) is 5.64. The normalized spacial score (nSPS) is 14.9. The van der Waals surface area contributed by atoms with E-state index in [-0.39, 0.29) is 16.9 Å². The van der Waals surface area contributed by atoms with E-state index in [1.165, 1.54) is 23.8 Å². The molecule has 1 N–H and O–H groups in total. The second kappa shape index (κ2) is 9.48. The van der Waals surface area contributed by atoms with Crippen LogP contribution in [0.15, 0.2) is 66.4 Å². The number of nitro benzene ring substituents is 1. The van der Waals surface area contributed by atoms with E-state index in [4.69, 9.17) is 0 Å². The average Bonchev–Trinajstić information content (AvgIpc) is 2.74. The summed E-state index contributed by atoms with van der Waals surface area (Å²) in [5.74, 6) is -0.584. The Balaban J connectivity index is 1.57. The van der Waals surface area contributed by atoms with Crippen LogP contribution in [0.1, 0.15) is 5.56 Å². The van der Waals surface area contributed by atoms with Crippen LogP contribution in [0.4, 0.5) is 11.4 Å². The molecule has 0 unspecified atom stereocenters. The van der Waals surface area contributed by atoms with Gasteiger partial charge in [0.25, 0.3) is 11.6 Å². The van der Waals surface area contributed by atoms with Gasteiger partial charge in [0.05, 0.1) is 4.92 Å². The molecule has 2 aromatic rings. The van der Waals surface area contributed by atoms with Crippen molar-refractivity contribution in [3.8, 4) is 6.07 Å². The fourth-order valence-electron chi connectivity index (χ4n) is 3.11. The second-order valence-electron chi connectivity index (χ2n) is 6.71. The summed E-state index contributed by atoms with van der Waals surface area (Å²) in [6.45, 7) is 3.95. The number of nitrogens with zero attached hydrogens (tertiary/aromatic N) is 4. The van der Waals surface area contributed by atoms with Gasteiger partial charge in [-0.2, -0.15) is 5.26 Å². The summed E-state index contributed by atoms with van der Waals surface area (Å²) in [5, 5.41) is 22.8. The largest absolute Gasteiger partial charge is 0.374 e. The number of carbonyl (C=O) groups is 1. The molecule has 148 valence electrons. The molecular formula is C21H21N5O3. The van der Waals surface area contributed by atoms with E-state index in [9.17, 15) is 20.2 Å². The van der Waals surface area contributed by atoms with Gasteiger partial charge in [-0.1, -0.05) is 36.4 Å². The van der Waals surface area contributed by atoms with Gasteiger partial charge in [0.15, 0.2) is 0 Å². The van der Waals surface area contributed by atoms with Crippen molar-refractivity contribution in [3.05, 3.63) is 82.0 Å². The third-order valence-corrected chi connectivity index (χ3v) is 4.65. The minimum Gasteiger partial charge on any atom is -0.374 e. The fraction of sp³-hybridized carbons (Fsp3) is 0.238. The molecule has 2 aromatic carbocycles. The number of hydrogen-bond donors (Lipinski definition) is 1. The van der Waals surface area contributed by atoms with Crippen LogP contribution in [0.5, 0.6) is 0 Å². The highest BCUT2D eigenvalue weighted by molar-refractivity contribution is 6.06. The molecule has 1 aliphatic heterocycles. The van der Waals surface area contributed by atoms with Gasteiger partial charge < -0.3 is 10.2 Å². The fourth-order valence-corrected chi connectivity index (χ4v) is 3.11. The number of amides is 1. The van der Waals surface area contributed by atoms with E-state index in [1.807, 2.05) is 29.2 Å². The highest BCUT2D eigenvalue weighted by Crippen LogP contribution is 2.18. The number of benzene rings is 2. The number of anilines is 1. The first-order valence-electron chi connectivity index (χ1n) is 9.23. The summed E-state index contributed by atoms with van der Waals surface area (Å²) in [5.41, 5.74) is 1.37. The van der Waals surface area contributed by atoms with E-state index < -0.39 is 10.8 Å². The maximum absolute atomic E-state index is 12.4. The monoisotopic (exact) mass is 391 g/mol. The van der Waals surface area contributed by atoms with Crippen molar-refractivity contribution in [1.29, 1.82) is 5.26 Å². The number of nitrogens with one attached hydrogen (secondary N) is 1. The van der Waals surface area contributed by atoms with Crippen molar-refractivity contribution >= 4 is 17.3 Å². The maximum atomic E-state index is 12.4. The molecule has 1 fully saturated rings. The number of carbonyl (C=O) groups excluding carboxylic acids is 1. The van der Waals surface area contributed by atoms with Gasteiger partial charge in [-0.15, -0.1) is 0 Å². The molecule has 29 heavy (non-hydrogen) atoms. The highest BCUT2D eigenvalue weighted by atomic mass is 16.6. The Bertz CT molecular complexity index is 944. The molecular weight excluding hydrogens is 370 g/mol. The Hall–Kier alpha value is -3.70. The topological polar surface area (TPSA) is 103 Å². The zero-order chi connectivity index (χ0) is 20.6. The molecule has 1 amide bonds. The lowest BCUT2D eigenvalue weighted by Gasteiger charge is -2.34. The summed E-state index contributed by atoms with van der Waals surface area (Å²) >= 11 is 0. The Morgan fingerprint density at radius 1 is 1.14 bits per heavy atom. The molecule has 1 aliphatic rings. The van der Waals surface area contributed by atoms with Gasteiger partial charge in [0.2, 0.25) is 0 Å². The predicted molar refractivity (Wildman–Crippen MR) is 109 cm³/mol. The molecule has 8 heteroatoms. The molecule has 0 spiro atoms. The van der Waals surface area contributed by atoms with Gasteiger partial charge in [0.1, 0.15) is 11.6 Å². The molecule has 8 nitrogen and oxygen atoms in total. The Kier molecular flexibility index (Phi) is 6.55. The quantitative estimate of drug-likeness (QED) is 0.352. The van der Waals surface area contributed by atoms with E-state index in [0.29, 0.717) is 13.1 Å². The van der Waals surface area contributed by atoms with Crippen LogP contribution < -0.4 is 5.32 Å². The number of non-ortho nitro benzene ring substituents is 1. The van der Waals surface area contributed by atoms with Crippen molar-refractivity contribution in [2.24, 2.45) is 0 Å². The minimum absolute atomic E-state index is 0.0342. The first-order valence-corrected chi connectivity index (χ1v) is 9.23. The van der Waals surface area contributed by atoms with Gasteiger partial charge >= 0.3 is 0 Å². The molecule has 0 bridgehead atoms. The number of hydrogen-bond acceptors (Lipinski definition) is 6. The summed E-state index contributed by atoms with van der Waals surface area (Å²) in [7, 11) is 0. The number of rotatable bonds is 6. The lowest BCUT2D eigenvalue weighted by molar-refractivity contribution is -0.384. The van der Waals surface area contributed by atoms with Crippen LogP contribution in [0.2, 0.25) is 0 Å². The molecule has 0 aromatic heterocycles. The predicted octanol–water partition coefficient (Wildman–Crippen LogP) is 2.76. The van der Waals surface area contributed by atoms with E-state index in [1.54, 1.807) is 12.3 Å². The molecule has 1 saturated heterocycles. The van der Waals surface area contributed by atoms with E-state index in [2.05, 4.69) is 22.3 Å². The standard InChI is InChI=1S/C21H21N5O3/c22-14-18(21(27)23-19-7-4-8-20(13-19)26(28)29)16-25-11-9-24(10-12-25)15-17-5-2-1-3-6-17/h1-8,13,16H,9-12,15H2,(H,23,27)/b18-16-. The zero-order valence-electron chi connectivity index (χ0n) is 15.8. The van der Waals surface area contributed by atoms with Crippen molar-refractivity contribution in [1.82, 2.24) is 9.80 Å². The van der Waals surface area contributed by atoms with Crippen LogP contribution in [0.25, 0.3) is 0 Å². The summed E-state index contributed by atoms with van der Waals surface area (Å²) in [6.07, 6.45) is 1.56. The number of nitriles is 1. The Labute approximate surface area is 168 Å². The van der Waals surface area contributed by atoms with Crippen LogP contribution >= 0.6 is 0 Å². The van der Waals surface area contributed by atoms with Crippen molar-refractivity contribution in [3.63, 3.8) is 0 Å². The smallest absolute Gasteiger partial charge is 0.271 e. The van der Waals surface area contributed by atoms with E-state index in [0.717, 1.165) is 19.6 Å². The van der Waals surface area contributed by atoms with Crippen LogP contribution in [0, 0.1) is 21.4 Å². The van der Waals surface area contributed by atoms with Gasteiger partial charge in [-0.3, -0.25) is 19.8 Å². The molecule has 1 heterocycles. The second-order valence-corrected chi connectivity index (χ2v) is 6.71. The Morgan fingerprint density at radius 2 is 1.86 bits per heavy atom. The summed E-state index contributed by atoms with van der Waals surface area (Å²) in [4.78, 5) is 27.0. The molecule has 0 radical (unpaired) electrons. The maximum Gasteiger partial charge on any atom is 0.271 e. The highest BCUT2D eigenvalue weighted by Gasteiger charge is 2.18. The minimum atomic E-state index is -0.584. The number of piperazine rings is 1. The van der Waals surface area contributed by atoms with Crippen LogP contribution in [-0.2, 0) is 11.3 Å². The first-order chi connectivity index (χ1) is 14.0. The van der Waals surface area contributed by atoms with Gasteiger partial charge in [-0.05, 0) is 11.6 Å². The van der Waals surface area contributed by atoms with Gasteiger partial charge in [0, 0.05) is 56.7 Å². The molecule has 0 saturated carbocycles. The van der Waals surface area contributed by atoms with Crippen molar-refractivity contribution < 1.29 is 9.72 Å². The summed E-state index contributed by atoms with van der Waals surface area (Å²) < 4.78 is 0.